The van der Waals surface area contributed by atoms with Gasteiger partial charge >= 0.3 is 0 Å². The summed E-state index contributed by atoms with van der Waals surface area (Å²) in [5, 5.41) is 1.04. The highest BCUT2D eigenvalue weighted by atomic mass is 32.1. The standard InChI is InChI=1S/C41H24N6O2S/c1-3-9-34-32(7-1)45-39(48-34)26-13-19-29(20-14-26)47(30-21-15-27(16-22-30)40-46-33-8-2-4-10-35(33)49-40)28-17-11-25(12-18-28)36-38-37(44-24-43-36)31-6-5-23-42-41(31)50-38/h1-24H. The van der Waals surface area contributed by atoms with E-state index < -0.39 is 0 Å². The number of aromatic nitrogens is 5. The van der Waals surface area contributed by atoms with Crippen LogP contribution in [0.4, 0.5) is 17.1 Å². The van der Waals surface area contributed by atoms with Gasteiger partial charge in [0.15, 0.2) is 11.2 Å². The van der Waals surface area contributed by atoms with Crippen molar-refractivity contribution in [1.82, 2.24) is 24.9 Å². The van der Waals surface area contributed by atoms with Crippen LogP contribution in [0.1, 0.15) is 0 Å². The van der Waals surface area contributed by atoms with Crippen molar-refractivity contribution in [3.05, 3.63) is 146 Å². The van der Waals surface area contributed by atoms with Gasteiger partial charge < -0.3 is 13.7 Å². The van der Waals surface area contributed by atoms with Crippen LogP contribution in [0.25, 0.3) is 76.8 Å². The molecular weight excluding hydrogens is 641 g/mol. The monoisotopic (exact) mass is 664 g/mol. The molecule has 0 unspecified atom stereocenters. The topological polar surface area (TPSA) is 94.0 Å². The molecule has 0 aliphatic heterocycles. The molecule has 0 fully saturated rings. The second-order valence-corrected chi connectivity index (χ2v) is 12.8. The van der Waals surface area contributed by atoms with E-state index in [1.165, 1.54) is 0 Å². The molecule has 0 spiro atoms. The zero-order valence-corrected chi connectivity index (χ0v) is 27.1. The number of fused-ring (bicyclic) bond motifs is 5. The van der Waals surface area contributed by atoms with Crippen LogP contribution >= 0.6 is 11.3 Å². The average molecular weight is 665 g/mol. The number of thiophene rings is 1. The van der Waals surface area contributed by atoms with E-state index in [-0.39, 0.29) is 0 Å². The molecule has 0 aliphatic rings. The van der Waals surface area contributed by atoms with Crippen LogP contribution in [0.15, 0.2) is 155 Å². The highest BCUT2D eigenvalue weighted by molar-refractivity contribution is 7.25. The molecular formula is C41H24N6O2S. The van der Waals surface area contributed by atoms with Gasteiger partial charge in [0, 0.05) is 45.3 Å². The van der Waals surface area contributed by atoms with Gasteiger partial charge in [-0.15, -0.1) is 11.3 Å². The summed E-state index contributed by atoms with van der Waals surface area (Å²) < 4.78 is 13.1. The summed E-state index contributed by atoms with van der Waals surface area (Å²) in [7, 11) is 0. The van der Waals surface area contributed by atoms with Gasteiger partial charge in [0.05, 0.1) is 15.9 Å². The number of para-hydroxylation sites is 4. The molecule has 9 heteroatoms. The summed E-state index contributed by atoms with van der Waals surface area (Å²) in [6.07, 6.45) is 3.45. The Labute approximate surface area is 289 Å². The van der Waals surface area contributed by atoms with Crippen molar-refractivity contribution < 1.29 is 8.83 Å². The van der Waals surface area contributed by atoms with Crippen molar-refractivity contribution in [3.63, 3.8) is 0 Å². The van der Waals surface area contributed by atoms with Crippen molar-refractivity contribution in [2.45, 2.75) is 0 Å². The molecule has 10 aromatic rings. The first-order valence-corrected chi connectivity index (χ1v) is 16.9. The third kappa shape index (κ3) is 4.79. The van der Waals surface area contributed by atoms with Gasteiger partial charge in [-0.1, -0.05) is 36.4 Å². The van der Waals surface area contributed by atoms with E-state index in [1.54, 1.807) is 17.7 Å². The van der Waals surface area contributed by atoms with Crippen molar-refractivity contribution in [1.29, 1.82) is 0 Å². The van der Waals surface area contributed by atoms with E-state index >= 15 is 0 Å². The zero-order chi connectivity index (χ0) is 33.0. The lowest BCUT2D eigenvalue weighted by atomic mass is 10.1. The molecule has 50 heavy (non-hydrogen) atoms. The first kappa shape index (κ1) is 28.3. The Balaban J connectivity index is 1.04. The third-order valence-corrected chi connectivity index (χ3v) is 9.87. The van der Waals surface area contributed by atoms with Gasteiger partial charge in [-0.2, -0.15) is 0 Å². The summed E-state index contributed by atoms with van der Waals surface area (Å²) in [5.74, 6) is 1.17. The van der Waals surface area contributed by atoms with Crippen LogP contribution in [-0.2, 0) is 0 Å². The number of rotatable bonds is 6. The number of hydrogen-bond donors (Lipinski definition) is 0. The van der Waals surface area contributed by atoms with Gasteiger partial charge in [0.2, 0.25) is 11.8 Å². The van der Waals surface area contributed by atoms with E-state index in [4.69, 9.17) is 23.8 Å². The number of oxazole rings is 2. The third-order valence-electron chi connectivity index (χ3n) is 8.76. The minimum absolute atomic E-state index is 0.587. The Kier molecular flexibility index (Phi) is 6.49. The highest BCUT2D eigenvalue weighted by Crippen LogP contribution is 2.40. The summed E-state index contributed by atoms with van der Waals surface area (Å²) >= 11 is 1.62. The molecule has 0 aliphatic carbocycles. The maximum absolute atomic E-state index is 6.05. The van der Waals surface area contributed by atoms with Crippen LogP contribution in [0, 0.1) is 0 Å². The second kappa shape index (κ2) is 11.5. The maximum Gasteiger partial charge on any atom is 0.227 e. The van der Waals surface area contributed by atoms with Crippen molar-refractivity contribution >= 4 is 71.0 Å². The van der Waals surface area contributed by atoms with E-state index in [2.05, 4.69) is 69.5 Å². The molecule has 0 bridgehead atoms. The van der Waals surface area contributed by atoms with Gasteiger partial charge in [0.1, 0.15) is 22.2 Å². The van der Waals surface area contributed by atoms with Crippen LogP contribution in [0.2, 0.25) is 0 Å². The van der Waals surface area contributed by atoms with E-state index in [1.807, 2.05) is 85.1 Å². The highest BCUT2D eigenvalue weighted by Gasteiger charge is 2.18. The van der Waals surface area contributed by atoms with Crippen LogP contribution in [0.3, 0.4) is 0 Å². The molecule has 0 amide bonds. The number of anilines is 3. The Morgan fingerprint density at radius 3 is 1.60 bits per heavy atom. The number of benzene rings is 5. The van der Waals surface area contributed by atoms with Gasteiger partial charge in [-0.05, 0) is 97.1 Å². The normalized spacial score (nSPS) is 11.6. The quantitative estimate of drug-likeness (QED) is 0.173. The molecule has 236 valence electrons. The predicted octanol–water partition coefficient (Wildman–Crippen LogP) is 11.0. The summed E-state index contributed by atoms with van der Waals surface area (Å²) in [6, 6.07) is 44.6. The van der Waals surface area contributed by atoms with E-state index in [0.717, 1.165) is 82.1 Å². The Morgan fingerprint density at radius 2 is 1.04 bits per heavy atom. The Hall–Kier alpha value is -6.71. The lowest BCUT2D eigenvalue weighted by Gasteiger charge is -2.26. The maximum atomic E-state index is 6.05. The first-order valence-electron chi connectivity index (χ1n) is 16.1. The summed E-state index contributed by atoms with van der Waals surface area (Å²) in [6.45, 7) is 0. The molecule has 5 aromatic carbocycles. The molecule has 10 rings (SSSR count). The van der Waals surface area contributed by atoms with Crippen molar-refractivity contribution in [2.24, 2.45) is 0 Å². The Morgan fingerprint density at radius 1 is 0.500 bits per heavy atom. The fourth-order valence-corrected chi connectivity index (χ4v) is 7.44. The minimum Gasteiger partial charge on any atom is -0.436 e. The second-order valence-electron chi connectivity index (χ2n) is 11.8. The lowest BCUT2D eigenvalue weighted by molar-refractivity contribution is 0.619. The first-order chi connectivity index (χ1) is 24.7. The van der Waals surface area contributed by atoms with Gasteiger partial charge in [0.25, 0.3) is 0 Å². The Bertz CT molecular complexity index is 2640. The fraction of sp³-hybridized carbons (Fsp3) is 0. The zero-order valence-electron chi connectivity index (χ0n) is 26.3. The lowest BCUT2D eigenvalue weighted by Crippen LogP contribution is -2.09. The van der Waals surface area contributed by atoms with E-state index in [0.29, 0.717) is 11.8 Å². The molecule has 5 aromatic heterocycles. The number of hydrogen-bond acceptors (Lipinski definition) is 9. The minimum atomic E-state index is 0.587. The fourth-order valence-electron chi connectivity index (χ4n) is 6.33. The molecule has 0 saturated carbocycles. The SMILES string of the molecule is c1ccc2oc(-c3ccc(N(c4ccc(-c5nc6ccccc6o5)cc4)c4ccc(-c5ncnc6c5sc5ncccc56)cc4)cc3)nc2c1. The van der Waals surface area contributed by atoms with Crippen LogP contribution < -0.4 is 4.90 Å². The predicted molar refractivity (Wildman–Crippen MR) is 199 cm³/mol. The van der Waals surface area contributed by atoms with Gasteiger partial charge in [-0.3, -0.25) is 0 Å². The van der Waals surface area contributed by atoms with Crippen LogP contribution in [-0.4, -0.2) is 24.9 Å². The molecule has 0 N–H and O–H groups in total. The van der Waals surface area contributed by atoms with E-state index in [9.17, 15) is 0 Å². The van der Waals surface area contributed by atoms with Crippen LogP contribution in [0.5, 0.6) is 0 Å². The summed E-state index contributed by atoms with van der Waals surface area (Å²) in [4.78, 5) is 26.4. The summed E-state index contributed by atoms with van der Waals surface area (Å²) in [5.41, 5.74) is 10.8. The molecule has 0 atom stereocenters. The largest absolute Gasteiger partial charge is 0.436 e. The molecule has 0 saturated heterocycles. The van der Waals surface area contributed by atoms with Gasteiger partial charge in [-0.25, -0.2) is 24.9 Å². The molecule has 8 nitrogen and oxygen atoms in total. The smallest absolute Gasteiger partial charge is 0.227 e. The number of pyridine rings is 1. The average Bonchev–Trinajstić information content (AvgIpc) is 3.91. The van der Waals surface area contributed by atoms with Crippen molar-refractivity contribution in [3.8, 4) is 34.2 Å². The molecule has 0 radical (unpaired) electrons. The van der Waals surface area contributed by atoms with Crippen molar-refractivity contribution in [2.75, 3.05) is 4.90 Å². The number of nitrogens with zero attached hydrogens (tertiary/aromatic N) is 6. The molecule has 5 heterocycles.